The van der Waals surface area contributed by atoms with Gasteiger partial charge in [-0.3, -0.25) is 20.2 Å². The molecule has 2 rings (SSSR count). The summed E-state index contributed by atoms with van der Waals surface area (Å²) in [6, 6.07) is 10.2. The van der Waals surface area contributed by atoms with E-state index in [1.54, 1.807) is 0 Å². The molecule has 0 aromatic heterocycles. The minimum atomic E-state index is -0.688. The third-order valence-corrected chi connectivity index (χ3v) is 4.89. The predicted octanol–water partition coefficient (Wildman–Crippen LogP) is 6.63. The van der Waals surface area contributed by atoms with Crippen molar-refractivity contribution in [2.75, 3.05) is 25.1 Å². The van der Waals surface area contributed by atoms with E-state index >= 15 is 0 Å². The molecular formula is C28H37N3O5. The van der Waals surface area contributed by atoms with Gasteiger partial charge >= 0.3 is 0 Å². The molecule has 0 atom stereocenters. The van der Waals surface area contributed by atoms with Crippen molar-refractivity contribution in [1.29, 1.82) is 0 Å². The molecule has 8 nitrogen and oxygen atoms in total. The molecule has 0 radical (unpaired) electrons. The number of hydrogen-bond acceptors (Lipinski definition) is 6. The van der Waals surface area contributed by atoms with Crippen LogP contribution in [-0.4, -0.2) is 29.6 Å². The largest absolute Gasteiger partial charge is 0.377 e. The predicted molar refractivity (Wildman–Crippen MR) is 146 cm³/mol. The number of aryl methyl sites for hydroxylation is 3. The van der Waals surface area contributed by atoms with Gasteiger partial charge < -0.3 is 10.1 Å². The molecule has 0 saturated carbocycles. The number of benzene rings is 2. The van der Waals surface area contributed by atoms with Gasteiger partial charge in [-0.05, 0) is 43.9 Å². The molecule has 0 saturated heterocycles. The monoisotopic (exact) mass is 495 g/mol. The van der Waals surface area contributed by atoms with Crippen LogP contribution in [0.3, 0.4) is 0 Å². The fourth-order valence-corrected chi connectivity index (χ4v) is 3.01. The summed E-state index contributed by atoms with van der Waals surface area (Å²) in [6.07, 6.45) is 15.9. The summed E-state index contributed by atoms with van der Waals surface area (Å²) in [7, 11) is 0. The van der Waals surface area contributed by atoms with Crippen molar-refractivity contribution in [2.24, 2.45) is 0 Å². The molecule has 8 heteroatoms. The number of nitrogens with zero attached hydrogens (tertiary/aromatic N) is 2. The molecule has 0 spiro atoms. The number of nitrogens with one attached hydrogen (secondary N) is 1. The Bertz CT molecular complexity index is 1040. The van der Waals surface area contributed by atoms with Crippen LogP contribution in [0, 0.1) is 58.8 Å². The zero-order chi connectivity index (χ0) is 27.3. The van der Waals surface area contributed by atoms with Crippen LogP contribution in [0.25, 0.3) is 0 Å². The van der Waals surface area contributed by atoms with Crippen LogP contribution >= 0.6 is 0 Å². The fraction of sp³-hybridized carbons (Fsp3) is 0.429. The van der Waals surface area contributed by atoms with Gasteiger partial charge in [0, 0.05) is 19.0 Å². The molecule has 0 bridgehead atoms. The molecule has 0 fully saturated rings. The lowest BCUT2D eigenvalue weighted by Crippen LogP contribution is -2.10. The highest BCUT2D eigenvalue weighted by Crippen LogP contribution is 2.28. The highest BCUT2D eigenvalue weighted by Gasteiger charge is 2.18. The molecule has 36 heavy (non-hydrogen) atoms. The van der Waals surface area contributed by atoms with Crippen LogP contribution in [0.2, 0.25) is 0 Å². The van der Waals surface area contributed by atoms with E-state index in [0.717, 1.165) is 12.5 Å². The normalized spacial score (nSPS) is 9.39. The second-order valence-corrected chi connectivity index (χ2v) is 7.84. The molecule has 0 heterocycles. The maximum atomic E-state index is 10.8. The molecule has 0 aliphatic rings. The summed E-state index contributed by atoms with van der Waals surface area (Å²) >= 11 is 0. The van der Waals surface area contributed by atoms with E-state index in [1.165, 1.54) is 54.5 Å². The van der Waals surface area contributed by atoms with Gasteiger partial charge in [-0.1, -0.05) is 56.4 Å². The molecule has 194 valence electrons. The zero-order valence-corrected chi connectivity index (χ0v) is 21.7. The van der Waals surface area contributed by atoms with Crippen LogP contribution in [0.15, 0.2) is 36.4 Å². The molecule has 2 aromatic rings. The first kappa shape index (κ1) is 32.1. The molecule has 0 aliphatic carbocycles. The molecule has 0 aliphatic heterocycles. The number of nitro benzene ring substituents is 2. The molecule has 0 unspecified atom stereocenters. The van der Waals surface area contributed by atoms with Crippen molar-refractivity contribution in [3.05, 3.63) is 73.3 Å². The Hall–Kier alpha value is -3.88. The van der Waals surface area contributed by atoms with Crippen molar-refractivity contribution in [3.8, 4) is 24.7 Å². The highest BCUT2D eigenvalue weighted by atomic mass is 16.6. The number of terminal acetylenes is 2. The second-order valence-electron chi connectivity index (χ2n) is 7.84. The Labute approximate surface area is 214 Å². The minimum Gasteiger partial charge on any atom is -0.377 e. The van der Waals surface area contributed by atoms with Crippen LogP contribution < -0.4 is 5.32 Å². The van der Waals surface area contributed by atoms with Crippen LogP contribution in [0.4, 0.5) is 17.1 Å². The fourth-order valence-electron chi connectivity index (χ4n) is 3.01. The van der Waals surface area contributed by atoms with Crippen LogP contribution in [-0.2, 0) is 11.2 Å². The Morgan fingerprint density at radius 3 is 2.19 bits per heavy atom. The van der Waals surface area contributed by atoms with Crippen molar-refractivity contribution in [1.82, 2.24) is 0 Å². The molecule has 1 N–H and O–H groups in total. The summed E-state index contributed by atoms with van der Waals surface area (Å²) in [5, 5.41) is 24.1. The summed E-state index contributed by atoms with van der Waals surface area (Å²) < 4.78 is 4.99. The second kappa shape index (κ2) is 19.4. The van der Waals surface area contributed by atoms with Crippen molar-refractivity contribution >= 4 is 17.1 Å². The van der Waals surface area contributed by atoms with E-state index in [-0.39, 0.29) is 30.3 Å². The number of rotatable bonds is 11. The topological polar surface area (TPSA) is 108 Å². The van der Waals surface area contributed by atoms with Gasteiger partial charge in [-0.25, -0.2) is 0 Å². The van der Waals surface area contributed by atoms with Gasteiger partial charge in [-0.15, -0.1) is 18.8 Å². The Morgan fingerprint density at radius 2 is 1.67 bits per heavy atom. The van der Waals surface area contributed by atoms with Gasteiger partial charge in [-0.2, -0.15) is 0 Å². The van der Waals surface area contributed by atoms with Crippen molar-refractivity contribution in [3.63, 3.8) is 0 Å². The van der Waals surface area contributed by atoms with Crippen molar-refractivity contribution in [2.45, 2.75) is 59.8 Å². The smallest absolute Gasteiger partial charge is 0.299 e. The Balaban J connectivity index is 0.000000622. The molecular weight excluding hydrogens is 458 g/mol. The van der Waals surface area contributed by atoms with E-state index < -0.39 is 9.85 Å². The van der Waals surface area contributed by atoms with Gasteiger partial charge in [0.15, 0.2) is 0 Å². The lowest BCUT2D eigenvalue weighted by Gasteiger charge is -2.06. The first-order chi connectivity index (χ1) is 17.2. The average Bonchev–Trinajstić information content (AvgIpc) is 2.85. The van der Waals surface area contributed by atoms with Gasteiger partial charge in [0.2, 0.25) is 0 Å². The molecule has 0 amide bonds. The van der Waals surface area contributed by atoms with E-state index in [1.807, 2.05) is 6.92 Å². The summed E-state index contributed by atoms with van der Waals surface area (Å²) in [5.41, 5.74) is 3.86. The third kappa shape index (κ3) is 13.7. The number of anilines is 1. The Morgan fingerprint density at radius 1 is 0.972 bits per heavy atom. The standard InChI is InChI=1S/C13H20.C11H11N3O5.C4H6/c1-4-5-6-7-13-9-8-11(2)10-12(13)3;1-2-6-19-7-5-12-10-4-3-9(13(15)16)8-11(10)14(17)18;1-3-4-2/h8-10H,4-7H2,1-3H3;1,3-4,8,12H,5-7H2;1H,4H2,2H3. The van der Waals surface area contributed by atoms with E-state index in [0.29, 0.717) is 6.54 Å². The maximum Gasteiger partial charge on any atom is 0.299 e. The van der Waals surface area contributed by atoms with Gasteiger partial charge in [0.25, 0.3) is 11.4 Å². The minimum absolute atomic E-state index is 0.157. The number of non-ortho nitro benzene ring substituents is 1. The lowest BCUT2D eigenvalue weighted by atomic mass is 10.0. The number of unbranched alkanes of at least 4 members (excludes halogenated alkanes) is 2. The number of nitro groups is 2. The lowest BCUT2D eigenvalue weighted by molar-refractivity contribution is -0.393. The quantitative estimate of drug-likeness (QED) is 0.162. The number of ether oxygens (including phenoxy) is 1. The van der Waals surface area contributed by atoms with Crippen LogP contribution in [0.1, 0.15) is 56.2 Å². The molecule has 2 aromatic carbocycles. The summed E-state index contributed by atoms with van der Waals surface area (Å²) in [4.78, 5) is 20.0. The number of hydrogen-bond donors (Lipinski definition) is 1. The summed E-state index contributed by atoms with van der Waals surface area (Å²) in [6.45, 7) is 9.31. The zero-order valence-electron chi connectivity index (χ0n) is 21.7. The average molecular weight is 496 g/mol. The summed E-state index contributed by atoms with van der Waals surface area (Å²) in [5.74, 6) is 4.71. The first-order valence-corrected chi connectivity index (χ1v) is 11.9. The van der Waals surface area contributed by atoms with E-state index in [2.05, 4.69) is 56.1 Å². The SMILES string of the molecule is C#CCC.C#CCOCCNc1ccc([N+](=O)[O-])cc1[N+](=O)[O-].CCCCCc1ccc(C)cc1C. The maximum absolute atomic E-state index is 10.8. The van der Waals surface area contributed by atoms with Crippen LogP contribution in [0.5, 0.6) is 0 Å². The third-order valence-electron chi connectivity index (χ3n) is 4.89. The van der Waals surface area contributed by atoms with E-state index in [9.17, 15) is 20.2 Å². The first-order valence-electron chi connectivity index (χ1n) is 11.9. The van der Waals surface area contributed by atoms with Crippen molar-refractivity contribution < 1.29 is 14.6 Å². The van der Waals surface area contributed by atoms with E-state index in [4.69, 9.17) is 17.6 Å². The Kier molecular flexibility index (Phi) is 17.3. The van der Waals surface area contributed by atoms with Gasteiger partial charge in [0.05, 0.1) is 22.5 Å². The van der Waals surface area contributed by atoms with Gasteiger partial charge in [0.1, 0.15) is 12.3 Å². The highest BCUT2D eigenvalue weighted by molar-refractivity contribution is 5.65.